The summed E-state index contributed by atoms with van der Waals surface area (Å²) in [6.07, 6.45) is 5.93. The molecular formula is C9H16O2. The lowest BCUT2D eigenvalue weighted by Crippen LogP contribution is -2.12. The first-order valence-corrected chi connectivity index (χ1v) is 4.26. The second kappa shape index (κ2) is 3.88. The fraction of sp³-hybridized carbons (Fsp3) is 0.778. The molecule has 0 amide bonds. The molecule has 0 aromatic rings. The van der Waals surface area contributed by atoms with Crippen LogP contribution < -0.4 is 0 Å². The van der Waals surface area contributed by atoms with Crippen LogP contribution in [-0.2, 0) is 4.74 Å². The van der Waals surface area contributed by atoms with E-state index in [2.05, 4.69) is 6.92 Å². The highest BCUT2D eigenvalue weighted by atomic mass is 16.6. The quantitative estimate of drug-likeness (QED) is 0.494. The number of aliphatic hydroxyl groups is 1. The van der Waals surface area contributed by atoms with Gasteiger partial charge in [0.05, 0.1) is 6.10 Å². The van der Waals surface area contributed by atoms with Crippen LogP contribution in [0.15, 0.2) is 12.2 Å². The van der Waals surface area contributed by atoms with Crippen LogP contribution in [0.1, 0.15) is 26.7 Å². The van der Waals surface area contributed by atoms with E-state index in [1.807, 2.05) is 19.1 Å². The van der Waals surface area contributed by atoms with Gasteiger partial charge in [-0.3, -0.25) is 0 Å². The summed E-state index contributed by atoms with van der Waals surface area (Å²) >= 11 is 0. The highest BCUT2D eigenvalue weighted by Gasteiger charge is 2.39. The van der Waals surface area contributed by atoms with Gasteiger partial charge in [-0.05, 0) is 13.3 Å². The number of rotatable bonds is 4. The number of ether oxygens (including phenoxy) is 1. The number of hydrogen-bond donors (Lipinski definition) is 1. The van der Waals surface area contributed by atoms with Gasteiger partial charge in [0.2, 0.25) is 0 Å². The van der Waals surface area contributed by atoms with Crippen molar-refractivity contribution in [1.29, 1.82) is 0 Å². The zero-order valence-electron chi connectivity index (χ0n) is 7.16. The number of epoxide rings is 1. The van der Waals surface area contributed by atoms with Gasteiger partial charge in [-0.25, -0.2) is 0 Å². The fourth-order valence-electron chi connectivity index (χ4n) is 1.07. The summed E-state index contributed by atoms with van der Waals surface area (Å²) in [6, 6.07) is 0. The topological polar surface area (TPSA) is 32.8 Å². The minimum Gasteiger partial charge on any atom is -0.386 e. The molecule has 0 radical (unpaired) electrons. The zero-order valence-corrected chi connectivity index (χ0v) is 7.16. The maximum Gasteiger partial charge on any atom is 0.113 e. The Morgan fingerprint density at radius 1 is 1.64 bits per heavy atom. The van der Waals surface area contributed by atoms with Crippen molar-refractivity contribution in [1.82, 2.24) is 0 Å². The molecule has 64 valence electrons. The van der Waals surface area contributed by atoms with Crippen molar-refractivity contribution in [2.75, 3.05) is 0 Å². The molecule has 1 aliphatic rings. The monoisotopic (exact) mass is 156 g/mol. The number of aliphatic hydroxyl groups excluding tert-OH is 1. The largest absolute Gasteiger partial charge is 0.386 e. The van der Waals surface area contributed by atoms with E-state index in [0.29, 0.717) is 0 Å². The Kier molecular flexibility index (Phi) is 3.09. The lowest BCUT2D eigenvalue weighted by atomic mass is 10.2. The molecule has 1 rings (SSSR count). The van der Waals surface area contributed by atoms with Crippen molar-refractivity contribution in [2.24, 2.45) is 0 Å². The minimum atomic E-state index is -0.392. The van der Waals surface area contributed by atoms with Crippen molar-refractivity contribution in [3.05, 3.63) is 12.2 Å². The van der Waals surface area contributed by atoms with E-state index < -0.39 is 6.10 Å². The Morgan fingerprint density at radius 3 is 2.73 bits per heavy atom. The standard InChI is InChI=1S/C9H16O2/c1-3-4-5-6-8(10)9-7(2)11-9/h5-10H,3-4H2,1-2H3/b6-5+/t7-,8-,9+/m0/s1. The number of unbranched alkanes of at least 4 members (excludes halogenated alkanes) is 1. The van der Waals surface area contributed by atoms with E-state index in [-0.39, 0.29) is 12.2 Å². The molecule has 0 bridgehead atoms. The highest BCUT2D eigenvalue weighted by molar-refractivity contribution is 4.99. The van der Waals surface area contributed by atoms with Crippen LogP contribution in [0.2, 0.25) is 0 Å². The molecule has 0 spiro atoms. The van der Waals surface area contributed by atoms with Crippen LogP contribution in [0.25, 0.3) is 0 Å². The second-order valence-electron chi connectivity index (χ2n) is 3.01. The summed E-state index contributed by atoms with van der Waals surface area (Å²) in [4.78, 5) is 0. The van der Waals surface area contributed by atoms with Crippen molar-refractivity contribution < 1.29 is 9.84 Å². The van der Waals surface area contributed by atoms with Crippen LogP contribution in [0.3, 0.4) is 0 Å². The third kappa shape index (κ3) is 2.64. The maximum atomic E-state index is 9.37. The molecule has 0 unspecified atom stereocenters. The van der Waals surface area contributed by atoms with Crippen LogP contribution in [0.4, 0.5) is 0 Å². The smallest absolute Gasteiger partial charge is 0.113 e. The van der Waals surface area contributed by atoms with E-state index in [4.69, 9.17) is 4.74 Å². The van der Waals surface area contributed by atoms with Gasteiger partial charge >= 0.3 is 0 Å². The molecule has 0 aliphatic carbocycles. The van der Waals surface area contributed by atoms with Crippen LogP contribution in [-0.4, -0.2) is 23.4 Å². The summed E-state index contributed by atoms with van der Waals surface area (Å²) in [6.45, 7) is 4.09. The Hall–Kier alpha value is -0.340. The molecule has 3 atom stereocenters. The van der Waals surface area contributed by atoms with Gasteiger partial charge < -0.3 is 9.84 Å². The van der Waals surface area contributed by atoms with Crippen LogP contribution in [0, 0.1) is 0 Å². The molecular weight excluding hydrogens is 140 g/mol. The first kappa shape index (κ1) is 8.75. The van der Waals surface area contributed by atoms with Gasteiger partial charge in [0.1, 0.15) is 12.2 Å². The summed E-state index contributed by atoms with van der Waals surface area (Å²) in [5.41, 5.74) is 0. The summed E-state index contributed by atoms with van der Waals surface area (Å²) in [5.74, 6) is 0. The maximum absolute atomic E-state index is 9.37. The molecule has 1 aliphatic heterocycles. The first-order valence-electron chi connectivity index (χ1n) is 4.26. The SMILES string of the molecule is CCC/C=C/[C@H](O)[C@@H]1O[C@H]1C. The zero-order chi connectivity index (χ0) is 8.27. The summed E-state index contributed by atoms with van der Waals surface area (Å²) in [7, 11) is 0. The highest BCUT2D eigenvalue weighted by Crippen LogP contribution is 2.25. The van der Waals surface area contributed by atoms with Crippen LogP contribution in [0.5, 0.6) is 0 Å². The van der Waals surface area contributed by atoms with Crippen molar-refractivity contribution in [3.63, 3.8) is 0 Å². The first-order chi connectivity index (χ1) is 5.25. The average Bonchev–Trinajstić information content (AvgIpc) is 2.67. The van der Waals surface area contributed by atoms with E-state index in [0.717, 1.165) is 12.8 Å². The molecule has 2 heteroatoms. The Labute approximate surface area is 67.9 Å². The molecule has 0 saturated carbocycles. The lowest BCUT2D eigenvalue weighted by Gasteiger charge is -1.98. The molecule has 0 aromatic carbocycles. The Morgan fingerprint density at radius 2 is 2.27 bits per heavy atom. The molecule has 2 nitrogen and oxygen atoms in total. The number of hydrogen-bond acceptors (Lipinski definition) is 2. The van der Waals surface area contributed by atoms with Gasteiger partial charge in [-0.2, -0.15) is 0 Å². The molecule has 1 N–H and O–H groups in total. The van der Waals surface area contributed by atoms with Crippen molar-refractivity contribution >= 4 is 0 Å². The molecule has 0 aromatic heterocycles. The summed E-state index contributed by atoms with van der Waals surface area (Å²) < 4.78 is 5.11. The third-order valence-electron chi connectivity index (χ3n) is 1.88. The van der Waals surface area contributed by atoms with E-state index >= 15 is 0 Å². The van der Waals surface area contributed by atoms with Gasteiger partial charge in [0.25, 0.3) is 0 Å². The van der Waals surface area contributed by atoms with Gasteiger partial charge in [0.15, 0.2) is 0 Å². The second-order valence-corrected chi connectivity index (χ2v) is 3.01. The average molecular weight is 156 g/mol. The Bertz CT molecular complexity index is 142. The van der Waals surface area contributed by atoms with Crippen LogP contribution >= 0.6 is 0 Å². The van der Waals surface area contributed by atoms with Gasteiger partial charge in [-0.15, -0.1) is 0 Å². The van der Waals surface area contributed by atoms with E-state index in [9.17, 15) is 5.11 Å². The third-order valence-corrected chi connectivity index (χ3v) is 1.88. The molecule has 11 heavy (non-hydrogen) atoms. The number of allylic oxidation sites excluding steroid dienone is 1. The lowest BCUT2D eigenvalue weighted by molar-refractivity contribution is 0.177. The van der Waals surface area contributed by atoms with Gasteiger partial charge in [-0.1, -0.05) is 25.5 Å². The van der Waals surface area contributed by atoms with E-state index in [1.165, 1.54) is 0 Å². The normalized spacial score (nSPS) is 32.6. The van der Waals surface area contributed by atoms with E-state index in [1.54, 1.807) is 0 Å². The van der Waals surface area contributed by atoms with Crippen molar-refractivity contribution in [3.8, 4) is 0 Å². The Balaban J connectivity index is 2.15. The predicted molar refractivity (Wildman–Crippen MR) is 44.4 cm³/mol. The summed E-state index contributed by atoms with van der Waals surface area (Å²) in [5, 5.41) is 9.37. The van der Waals surface area contributed by atoms with Crippen molar-refractivity contribution in [2.45, 2.75) is 45.0 Å². The minimum absolute atomic E-state index is 0.0584. The fourth-order valence-corrected chi connectivity index (χ4v) is 1.07. The molecule has 1 saturated heterocycles. The predicted octanol–water partition coefficient (Wildman–Crippen LogP) is 1.49. The molecule has 1 fully saturated rings. The molecule has 1 heterocycles. The van der Waals surface area contributed by atoms with Gasteiger partial charge in [0, 0.05) is 0 Å².